The molecule has 0 aliphatic heterocycles. The zero-order valence-corrected chi connectivity index (χ0v) is 17.6. The maximum Gasteiger partial charge on any atom is 0.257 e. The lowest BCUT2D eigenvalue weighted by molar-refractivity contribution is 0.0955. The Hall–Kier alpha value is -3.74. The predicted molar refractivity (Wildman–Crippen MR) is 125 cm³/mol. The highest BCUT2D eigenvalue weighted by Crippen LogP contribution is 2.27. The Labute approximate surface area is 181 Å². The summed E-state index contributed by atoms with van der Waals surface area (Å²) in [6.07, 6.45) is 6.01. The Morgan fingerprint density at radius 3 is 2.48 bits per heavy atom. The van der Waals surface area contributed by atoms with E-state index in [-0.39, 0.29) is 11.7 Å². The highest BCUT2D eigenvalue weighted by molar-refractivity contribution is 6.10. The molecule has 2 aromatic heterocycles. The lowest BCUT2D eigenvalue weighted by Crippen LogP contribution is -2.25. The number of aromatic nitrogens is 3. The Balaban J connectivity index is 1.75. The van der Waals surface area contributed by atoms with Gasteiger partial charge in [0.05, 0.1) is 17.2 Å². The van der Waals surface area contributed by atoms with Crippen molar-refractivity contribution in [3.05, 3.63) is 65.7 Å². The van der Waals surface area contributed by atoms with Crippen LogP contribution in [0.5, 0.6) is 0 Å². The molecule has 4 aromatic rings. The minimum atomic E-state index is -0.253. The number of nitrogens with zero attached hydrogens (tertiary/aromatic N) is 4. The molecular weight excluding hydrogens is 388 g/mol. The molecule has 158 valence electrons. The molecule has 0 spiro atoms. The van der Waals surface area contributed by atoms with Crippen LogP contribution in [0.1, 0.15) is 48.5 Å². The summed E-state index contributed by atoms with van der Waals surface area (Å²) in [5.74, 6) is -0.0270. The molecular formula is C24H26N6O. The lowest BCUT2D eigenvalue weighted by atomic mass is 10.2. The molecule has 1 amide bonds. The second-order valence-corrected chi connectivity index (χ2v) is 7.43. The van der Waals surface area contributed by atoms with Gasteiger partial charge in [-0.1, -0.05) is 68.7 Å². The van der Waals surface area contributed by atoms with E-state index in [2.05, 4.69) is 17.3 Å². The van der Waals surface area contributed by atoms with Crippen LogP contribution in [0.2, 0.25) is 0 Å². The molecule has 2 heterocycles. The van der Waals surface area contributed by atoms with E-state index < -0.39 is 0 Å². The number of nitrogen functional groups attached to an aromatic ring is 1. The Bertz CT molecular complexity index is 1230. The number of rotatable bonds is 8. The minimum absolute atomic E-state index is 0.226. The fraction of sp³-hybridized carbons (Fsp3) is 0.250. The molecule has 0 fully saturated rings. The van der Waals surface area contributed by atoms with Crippen LogP contribution < -0.4 is 11.1 Å². The van der Waals surface area contributed by atoms with Crippen LogP contribution in [0.15, 0.2) is 59.7 Å². The summed E-state index contributed by atoms with van der Waals surface area (Å²) >= 11 is 0. The van der Waals surface area contributed by atoms with Crippen LogP contribution in [-0.2, 0) is 0 Å². The summed E-state index contributed by atoms with van der Waals surface area (Å²) in [5, 5.41) is 7.49. The summed E-state index contributed by atoms with van der Waals surface area (Å²) in [6.45, 7) is 2.76. The number of anilines is 1. The van der Waals surface area contributed by atoms with E-state index in [9.17, 15) is 4.79 Å². The molecule has 0 saturated heterocycles. The molecule has 7 heteroatoms. The average molecular weight is 415 g/mol. The quantitative estimate of drug-likeness (QED) is 0.331. The van der Waals surface area contributed by atoms with Gasteiger partial charge in [0.2, 0.25) is 0 Å². The SMILES string of the molecule is CCCCCCNC(=O)c1c(N)n(/N=C\c2ccccc2)c2nc3ccccc3nc12. The van der Waals surface area contributed by atoms with Crippen LogP contribution in [0.3, 0.4) is 0 Å². The molecule has 31 heavy (non-hydrogen) atoms. The normalized spacial score (nSPS) is 11.5. The number of benzene rings is 2. The number of fused-ring (bicyclic) bond motifs is 2. The number of hydrogen-bond donors (Lipinski definition) is 2. The van der Waals surface area contributed by atoms with E-state index in [1.54, 1.807) is 6.21 Å². The maximum absolute atomic E-state index is 13.0. The van der Waals surface area contributed by atoms with Gasteiger partial charge in [-0.05, 0) is 24.1 Å². The fourth-order valence-corrected chi connectivity index (χ4v) is 3.49. The summed E-state index contributed by atoms with van der Waals surface area (Å²) in [4.78, 5) is 22.4. The van der Waals surface area contributed by atoms with E-state index >= 15 is 0 Å². The summed E-state index contributed by atoms with van der Waals surface area (Å²) < 4.78 is 1.49. The predicted octanol–water partition coefficient (Wildman–Crippen LogP) is 4.36. The Morgan fingerprint density at radius 1 is 1.03 bits per heavy atom. The van der Waals surface area contributed by atoms with Crippen molar-refractivity contribution in [2.45, 2.75) is 32.6 Å². The van der Waals surface area contributed by atoms with Gasteiger partial charge < -0.3 is 11.1 Å². The highest BCUT2D eigenvalue weighted by Gasteiger charge is 2.23. The number of nitrogens with two attached hydrogens (primary N) is 1. The van der Waals surface area contributed by atoms with E-state index in [4.69, 9.17) is 15.7 Å². The number of hydrogen-bond acceptors (Lipinski definition) is 5. The molecule has 0 aliphatic rings. The van der Waals surface area contributed by atoms with Gasteiger partial charge >= 0.3 is 0 Å². The van der Waals surface area contributed by atoms with Crippen molar-refractivity contribution in [2.75, 3.05) is 12.3 Å². The second kappa shape index (κ2) is 9.38. The molecule has 7 nitrogen and oxygen atoms in total. The number of carbonyl (C=O) groups excluding carboxylic acids is 1. The van der Waals surface area contributed by atoms with Crippen LogP contribution in [-0.4, -0.2) is 33.3 Å². The van der Waals surface area contributed by atoms with Crippen molar-refractivity contribution in [3.8, 4) is 0 Å². The van der Waals surface area contributed by atoms with Crippen molar-refractivity contribution >= 4 is 40.1 Å². The van der Waals surface area contributed by atoms with Crippen LogP contribution in [0.25, 0.3) is 22.2 Å². The van der Waals surface area contributed by atoms with Crippen LogP contribution in [0.4, 0.5) is 5.82 Å². The third-order valence-corrected chi connectivity index (χ3v) is 5.14. The van der Waals surface area contributed by atoms with Gasteiger partial charge in [0.1, 0.15) is 16.9 Å². The summed E-state index contributed by atoms with van der Waals surface area (Å²) in [6, 6.07) is 17.2. The molecule has 2 aromatic carbocycles. The van der Waals surface area contributed by atoms with Gasteiger partial charge in [-0.3, -0.25) is 4.79 Å². The maximum atomic E-state index is 13.0. The molecule has 0 saturated carbocycles. The van der Waals surface area contributed by atoms with Gasteiger partial charge in [0, 0.05) is 6.54 Å². The zero-order valence-electron chi connectivity index (χ0n) is 17.6. The van der Waals surface area contributed by atoms with Gasteiger partial charge in [0.15, 0.2) is 5.65 Å². The molecule has 0 bridgehead atoms. The second-order valence-electron chi connectivity index (χ2n) is 7.43. The average Bonchev–Trinajstić information content (AvgIpc) is 3.06. The first kappa shape index (κ1) is 20.5. The van der Waals surface area contributed by atoms with Gasteiger partial charge in [0.25, 0.3) is 5.91 Å². The van der Waals surface area contributed by atoms with E-state index in [0.29, 0.717) is 28.8 Å². The van der Waals surface area contributed by atoms with Crippen molar-refractivity contribution in [1.29, 1.82) is 0 Å². The lowest BCUT2D eigenvalue weighted by Gasteiger charge is -2.05. The van der Waals surface area contributed by atoms with Gasteiger partial charge in [-0.15, -0.1) is 0 Å². The molecule has 0 radical (unpaired) electrons. The van der Waals surface area contributed by atoms with Crippen LogP contribution in [0, 0.1) is 0 Å². The zero-order chi connectivity index (χ0) is 21.6. The Morgan fingerprint density at radius 2 is 1.74 bits per heavy atom. The molecule has 0 atom stereocenters. The topological polar surface area (TPSA) is 98.2 Å². The third-order valence-electron chi connectivity index (χ3n) is 5.14. The van der Waals surface area contributed by atoms with Gasteiger partial charge in [-0.25, -0.2) is 9.97 Å². The number of amides is 1. The summed E-state index contributed by atoms with van der Waals surface area (Å²) in [7, 11) is 0. The number of nitrogens with one attached hydrogen (secondary N) is 1. The molecule has 4 rings (SSSR count). The van der Waals surface area contributed by atoms with Gasteiger partial charge in [-0.2, -0.15) is 9.78 Å². The van der Waals surface area contributed by atoms with Crippen LogP contribution >= 0.6 is 0 Å². The van der Waals surface area contributed by atoms with Crippen molar-refractivity contribution in [3.63, 3.8) is 0 Å². The minimum Gasteiger partial charge on any atom is -0.383 e. The standard InChI is InChI=1S/C24H26N6O/c1-2-3-4-10-15-26-24(31)20-21-23(29-19-14-9-8-13-18(19)28-21)30(22(20)25)27-16-17-11-6-5-7-12-17/h5-9,11-14,16H,2-4,10,15,25H2,1H3,(H,26,31)/b27-16-. The van der Waals surface area contributed by atoms with Crippen molar-refractivity contribution in [1.82, 2.24) is 20.0 Å². The van der Waals surface area contributed by atoms with E-state index in [0.717, 1.165) is 36.8 Å². The first-order valence-electron chi connectivity index (χ1n) is 10.6. The monoisotopic (exact) mass is 414 g/mol. The van der Waals surface area contributed by atoms with E-state index in [1.807, 2.05) is 54.6 Å². The molecule has 3 N–H and O–H groups in total. The fourth-order valence-electron chi connectivity index (χ4n) is 3.49. The number of carbonyl (C=O) groups is 1. The van der Waals surface area contributed by atoms with E-state index in [1.165, 1.54) is 4.68 Å². The Kier molecular flexibility index (Phi) is 6.21. The third kappa shape index (κ3) is 4.40. The first-order valence-corrected chi connectivity index (χ1v) is 10.6. The molecule has 0 aliphatic carbocycles. The van der Waals surface area contributed by atoms with Crippen molar-refractivity contribution in [2.24, 2.45) is 5.10 Å². The highest BCUT2D eigenvalue weighted by atomic mass is 16.1. The smallest absolute Gasteiger partial charge is 0.257 e. The first-order chi connectivity index (χ1) is 15.2. The number of para-hydroxylation sites is 2. The largest absolute Gasteiger partial charge is 0.383 e. The van der Waals surface area contributed by atoms with Crippen molar-refractivity contribution < 1.29 is 4.79 Å². The molecule has 0 unspecified atom stereocenters. The summed E-state index contributed by atoms with van der Waals surface area (Å²) in [5.41, 5.74) is 9.97. The number of unbranched alkanes of at least 4 members (excludes halogenated alkanes) is 3.